The van der Waals surface area contributed by atoms with Crippen molar-refractivity contribution < 1.29 is 9.32 Å². The Morgan fingerprint density at radius 1 is 0.964 bits per heavy atom. The number of fused-ring (bicyclic) bond motifs is 4. The van der Waals surface area contributed by atoms with Crippen LogP contribution in [0.1, 0.15) is 12.6 Å². The van der Waals surface area contributed by atoms with Gasteiger partial charge in [0.1, 0.15) is 5.69 Å². The molecule has 2 aromatic heterocycles. The van der Waals surface area contributed by atoms with Crippen molar-refractivity contribution in [1.82, 2.24) is 9.72 Å². The Kier molecular flexibility index (Phi) is 3.86. The number of carbonyl (C=O) groups is 1. The predicted octanol–water partition coefficient (Wildman–Crippen LogP) is 5.14. The van der Waals surface area contributed by atoms with Crippen molar-refractivity contribution in [3.8, 4) is 0 Å². The van der Waals surface area contributed by atoms with Crippen LogP contribution in [0.15, 0.2) is 71.3 Å². The summed E-state index contributed by atoms with van der Waals surface area (Å²) in [6.07, 6.45) is 0.172. The van der Waals surface area contributed by atoms with Gasteiger partial charge in [0.05, 0.1) is 6.42 Å². The fourth-order valence-electron chi connectivity index (χ4n) is 3.89. The molecular formula is C23H19N3O2. The van der Waals surface area contributed by atoms with Crippen molar-refractivity contribution in [3.05, 3.63) is 72.4 Å². The van der Waals surface area contributed by atoms with Gasteiger partial charge in [-0.25, -0.2) is 0 Å². The average Bonchev–Trinajstić information content (AvgIpc) is 3.27. The number of anilines is 1. The highest BCUT2D eigenvalue weighted by Crippen LogP contribution is 2.31. The predicted molar refractivity (Wildman–Crippen MR) is 111 cm³/mol. The van der Waals surface area contributed by atoms with Crippen molar-refractivity contribution >= 4 is 44.4 Å². The Balaban J connectivity index is 1.46. The Morgan fingerprint density at radius 2 is 1.71 bits per heavy atom. The zero-order valence-electron chi connectivity index (χ0n) is 15.5. The fourth-order valence-corrected chi connectivity index (χ4v) is 3.89. The maximum Gasteiger partial charge on any atom is 0.230 e. The van der Waals surface area contributed by atoms with Gasteiger partial charge in [-0.2, -0.15) is 0 Å². The normalized spacial score (nSPS) is 11.5. The largest absolute Gasteiger partial charge is 0.356 e. The lowest BCUT2D eigenvalue weighted by molar-refractivity contribution is -0.115. The Bertz CT molecular complexity index is 1330. The third kappa shape index (κ3) is 2.63. The van der Waals surface area contributed by atoms with Gasteiger partial charge in [0.25, 0.3) is 0 Å². The lowest BCUT2D eigenvalue weighted by Crippen LogP contribution is -2.14. The molecule has 0 unspecified atom stereocenters. The number of nitrogens with one attached hydrogen (secondary N) is 1. The Hall–Kier alpha value is -3.60. The summed E-state index contributed by atoms with van der Waals surface area (Å²) < 4.78 is 7.58. The van der Waals surface area contributed by atoms with Crippen LogP contribution in [0.5, 0.6) is 0 Å². The first-order chi connectivity index (χ1) is 13.7. The molecule has 0 spiro atoms. The first-order valence-electron chi connectivity index (χ1n) is 9.38. The van der Waals surface area contributed by atoms with Crippen LogP contribution in [-0.4, -0.2) is 15.6 Å². The Morgan fingerprint density at radius 3 is 2.57 bits per heavy atom. The molecule has 5 aromatic rings. The number of para-hydroxylation sites is 2. The van der Waals surface area contributed by atoms with Crippen molar-refractivity contribution in [2.75, 3.05) is 5.32 Å². The van der Waals surface area contributed by atoms with Gasteiger partial charge in [-0.3, -0.25) is 4.79 Å². The summed E-state index contributed by atoms with van der Waals surface area (Å²) in [4.78, 5) is 12.6. The number of rotatable bonds is 4. The molecule has 138 valence electrons. The van der Waals surface area contributed by atoms with Crippen LogP contribution in [0.2, 0.25) is 0 Å². The highest BCUT2D eigenvalue weighted by molar-refractivity contribution is 6.10. The second-order valence-corrected chi connectivity index (χ2v) is 6.84. The second-order valence-electron chi connectivity index (χ2n) is 6.84. The molecule has 5 heteroatoms. The number of benzene rings is 3. The summed E-state index contributed by atoms with van der Waals surface area (Å²) in [6, 6.07) is 22.0. The monoisotopic (exact) mass is 369 g/mol. The van der Waals surface area contributed by atoms with Gasteiger partial charge in [0, 0.05) is 39.4 Å². The van der Waals surface area contributed by atoms with E-state index in [0.29, 0.717) is 11.3 Å². The summed E-state index contributed by atoms with van der Waals surface area (Å²) in [6.45, 7) is 3.04. The summed E-state index contributed by atoms with van der Waals surface area (Å²) in [5.41, 5.74) is 4.50. The van der Waals surface area contributed by atoms with E-state index in [1.54, 1.807) is 0 Å². The van der Waals surface area contributed by atoms with Gasteiger partial charge >= 0.3 is 0 Å². The van der Waals surface area contributed by atoms with Gasteiger partial charge in [-0.1, -0.05) is 35.5 Å². The van der Waals surface area contributed by atoms with Crippen molar-refractivity contribution in [2.24, 2.45) is 0 Å². The molecule has 0 bridgehead atoms. The van der Waals surface area contributed by atoms with E-state index in [9.17, 15) is 4.79 Å². The number of aryl methyl sites for hydroxylation is 1. The summed E-state index contributed by atoms with van der Waals surface area (Å²) in [5.74, 6) is -0.113. The summed E-state index contributed by atoms with van der Waals surface area (Å²) in [5, 5.41) is 10.2. The van der Waals surface area contributed by atoms with E-state index in [4.69, 9.17) is 4.52 Å². The lowest BCUT2D eigenvalue weighted by Gasteiger charge is -2.06. The molecule has 0 aliphatic rings. The van der Waals surface area contributed by atoms with Crippen LogP contribution in [0, 0.1) is 0 Å². The van der Waals surface area contributed by atoms with E-state index < -0.39 is 0 Å². The van der Waals surface area contributed by atoms with Crippen molar-refractivity contribution in [2.45, 2.75) is 19.9 Å². The molecule has 2 heterocycles. The van der Waals surface area contributed by atoms with Crippen molar-refractivity contribution in [3.63, 3.8) is 0 Å². The molecule has 1 N–H and O–H groups in total. The minimum Gasteiger partial charge on any atom is -0.356 e. The SMILES string of the molecule is CCn1c2ccccc2c2cc(NC(=O)Cc3noc4ccccc34)ccc21. The molecule has 28 heavy (non-hydrogen) atoms. The highest BCUT2D eigenvalue weighted by Gasteiger charge is 2.14. The summed E-state index contributed by atoms with van der Waals surface area (Å²) in [7, 11) is 0. The molecule has 5 nitrogen and oxygen atoms in total. The first kappa shape index (κ1) is 16.6. The smallest absolute Gasteiger partial charge is 0.230 e. The maximum atomic E-state index is 12.6. The minimum atomic E-state index is -0.113. The standard InChI is InChI=1S/C23H19N3O2/c1-2-26-20-9-5-3-7-16(20)18-13-15(11-12-21(18)26)24-23(27)14-19-17-8-4-6-10-22(17)28-25-19/h3-13H,2,14H2,1H3,(H,24,27). The number of aromatic nitrogens is 2. The van der Waals surface area contributed by atoms with Crippen LogP contribution in [0.4, 0.5) is 5.69 Å². The van der Waals surface area contributed by atoms with Gasteiger partial charge in [0.2, 0.25) is 5.91 Å². The Labute approximate surface area is 161 Å². The molecule has 0 aliphatic heterocycles. The van der Waals surface area contributed by atoms with Crippen LogP contribution in [0.25, 0.3) is 32.8 Å². The quantitative estimate of drug-likeness (QED) is 0.477. The van der Waals surface area contributed by atoms with Crippen LogP contribution in [-0.2, 0) is 17.8 Å². The molecule has 0 saturated heterocycles. The average molecular weight is 369 g/mol. The van der Waals surface area contributed by atoms with Gasteiger partial charge in [-0.05, 0) is 43.3 Å². The second kappa shape index (κ2) is 6.53. The third-order valence-electron chi connectivity index (χ3n) is 5.15. The minimum absolute atomic E-state index is 0.113. The molecule has 0 radical (unpaired) electrons. The fraction of sp³-hybridized carbons (Fsp3) is 0.130. The van der Waals surface area contributed by atoms with E-state index in [0.717, 1.165) is 23.0 Å². The molecular weight excluding hydrogens is 350 g/mol. The maximum absolute atomic E-state index is 12.6. The van der Waals surface area contributed by atoms with Gasteiger partial charge in [-0.15, -0.1) is 0 Å². The highest BCUT2D eigenvalue weighted by atomic mass is 16.5. The zero-order chi connectivity index (χ0) is 19.1. The van der Waals surface area contributed by atoms with E-state index in [-0.39, 0.29) is 12.3 Å². The van der Waals surface area contributed by atoms with Gasteiger partial charge < -0.3 is 14.4 Å². The first-order valence-corrected chi connectivity index (χ1v) is 9.38. The number of hydrogen-bond acceptors (Lipinski definition) is 3. The molecule has 0 fully saturated rings. The molecule has 0 aliphatic carbocycles. The third-order valence-corrected chi connectivity index (χ3v) is 5.15. The lowest BCUT2D eigenvalue weighted by atomic mass is 10.1. The van der Waals surface area contributed by atoms with E-state index in [1.807, 2.05) is 42.5 Å². The molecule has 5 rings (SSSR count). The molecule has 0 atom stereocenters. The van der Waals surface area contributed by atoms with Crippen LogP contribution >= 0.6 is 0 Å². The van der Waals surface area contributed by atoms with Gasteiger partial charge in [0.15, 0.2) is 5.58 Å². The number of amides is 1. The topological polar surface area (TPSA) is 60.1 Å². The number of hydrogen-bond donors (Lipinski definition) is 1. The number of carbonyl (C=O) groups excluding carboxylic acids is 1. The zero-order valence-corrected chi connectivity index (χ0v) is 15.5. The summed E-state index contributed by atoms with van der Waals surface area (Å²) >= 11 is 0. The molecule has 0 saturated carbocycles. The van der Waals surface area contributed by atoms with Crippen molar-refractivity contribution in [1.29, 1.82) is 0 Å². The van der Waals surface area contributed by atoms with E-state index >= 15 is 0 Å². The number of nitrogens with zero attached hydrogens (tertiary/aromatic N) is 2. The van der Waals surface area contributed by atoms with Crippen LogP contribution < -0.4 is 5.32 Å². The van der Waals surface area contributed by atoms with Crippen LogP contribution in [0.3, 0.4) is 0 Å². The molecule has 3 aromatic carbocycles. The van der Waals surface area contributed by atoms with E-state index in [2.05, 4.69) is 46.2 Å². The molecule has 1 amide bonds. The van der Waals surface area contributed by atoms with E-state index in [1.165, 1.54) is 16.4 Å².